The zero-order valence-electron chi connectivity index (χ0n) is 17.3. The van der Waals surface area contributed by atoms with Crippen LogP contribution in [0.5, 0.6) is 0 Å². The quantitative estimate of drug-likeness (QED) is 0.372. The van der Waals surface area contributed by atoms with Crippen LogP contribution in [0.15, 0.2) is 68.4 Å². The summed E-state index contributed by atoms with van der Waals surface area (Å²) in [5, 5.41) is 12.6. The zero-order chi connectivity index (χ0) is 23.4. The van der Waals surface area contributed by atoms with E-state index in [9.17, 15) is 14.4 Å². The molecule has 0 radical (unpaired) electrons. The number of amides is 2. The summed E-state index contributed by atoms with van der Waals surface area (Å²) in [5.41, 5.74) is 2.09. The molecule has 2 aliphatic heterocycles. The van der Waals surface area contributed by atoms with Gasteiger partial charge in [-0.3, -0.25) is 19.7 Å². The predicted octanol–water partition coefficient (Wildman–Crippen LogP) is 4.63. The number of thioether (sulfide) groups is 1. The van der Waals surface area contributed by atoms with Gasteiger partial charge in [0.05, 0.1) is 27.0 Å². The second-order valence-corrected chi connectivity index (χ2v) is 11.1. The average molecular weight is 510 g/mol. The van der Waals surface area contributed by atoms with Gasteiger partial charge in [0.15, 0.2) is 9.43 Å². The maximum atomic E-state index is 12.8. The van der Waals surface area contributed by atoms with Crippen LogP contribution in [0.2, 0.25) is 0 Å². The molecule has 2 aliphatic rings. The number of anilines is 1. The van der Waals surface area contributed by atoms with Gasteiger partial charge >= 0.3 is 5.97 Å². The Balaban J connectivity index is 1.22. The number of aliphatic carboxylic acids is 1. The predicted molar refractivity (Wildman–Crippen MR) is 130 cm³/mol. The highest BCUT2D eigenvalue weighted by Gasteiger charge is 2.36. The first-order valence-corrected chi connectivity index (χ1v) is 12.9. The van der Waals surface area contributed by atoms with Crippen molar-refractivity contribution in [1.82, 2.24) is 10.3 Å². The monoisotopic (exact) mass is 509 g/mol. The molecule has 4 heterocycles. The van der Waals surface area contributed by atoms with Gasteiger partial charge in [-0.25, -0.2) is 9.88 Å². The second kappa shape index (κ2) is 8.27. The van der Waals surface area contributed by atoms with Crippen LogP contribution in [0.25, 0.3) is 10.2 Å². The Labute approximate surface area is 205 Å². The van der Waals surface area contributed by atoms with Crippen LogP contribution in [-0.4, -0.2) is 39.7 Å². The molecule has 0 unspecified atom stereocenters. The highest BCUT2D eigenvalue weighted by atomic mass is 32.2. The Morgan fingerprint density at radius 3 is 2.59 bits per heavy atom. The van der Waals surface area contributed by atoms with E-state index in [0.29, 0.717) is 33.4 Å². The maximum absolute atomic E-state index is 12.8. The fraction of sp³-hybridized carbons (Fsp3) is 0.130. The molecule has 8 nitrogen and oxygen atoms in total. The molecule has 1 saturated heterocycles. The molecule has 170 valence electrons. The summed E-state index contributed by atoms with van der Waals surface area (Å²) < 4.78 is 7.52. The second-order valence-electron chi connectivity index (χ2n) is 7.65. The molecule has 2 aromatic heterocycles. The lowest BCUT2D eigenvalue weighted by Gasteiger charge is -2.13. The van der Waals surface area contributed by atoms with E-state index >= 15 is 0 Å². The summed E-state index contributed by atoms with van der Waals surface area (Å²) in [4.78, 5) is 42.6. The topological polar surface area (TPSA) is 113 Å². The average Bonchev–Trinajstić information content (AvgIpc) is 3.60. The van der Waals surface area contributed by atoms with Crippen LogP contribution in [0.3, 0.4) is 0 Å². The standard InChI is InChI=1S/C23H15N3O5S3/c27-20-12-3-1-2-4-13(12)21(28)26(20)11-5-6-14-17(9-11)33-23(25-14)34-18-8-7-16(31-18)19-24-15(10-32-19)22(29)30/h1-9,15,19,24H,10H2,(H,29,30)/t15-,19-/m1/s1. The van der Waals surface area contributed by atoms with E-state index in [4.69, 9.17) is 9.52 Å². The van der Waals surface area contributed by atoms with Gasteiger partial charge in [-0.2, -0.15) is 0 Å². The third-order valence-electron chi connectivity index (χ3n) is 5.53. The molecule has 1 fully saturated rings. The summed E-state index contributed by atoms with van der Waals surface area (Å²) in [6, 6.07) is 15.2. The number of benzene rings is 2. The number of imide groups is 1. The van der Waals surface area contributed by atoms with Gasteiger partial charge in [0.1, 0.15) is 17.2 Å². The van der Waals surface area contributed by atoms with Crippen LogP contribution < -0.4 is 10.2 Å². The van der Waals surface area contributed by atoms with Crippen molar-refractivity contribution in [2.45, 2.75) is 20.8 Å². The lowest BCUT2D eigenvalue weighted by molar-refractivity contribution is -0.138. The lowest BCUT2D eigenvalue weighted by atomic mass is 10.1. The molecule has 2 amide bonds. The first-order valence-electron chi connectivity index (χ1n) is 10.2. The number of thiazole rings is 1. The molecule has 0 bridgehead atoms. The van der Waals surface area contributed by atoms with Crippen molar-refractivity contribution in [1.29, 1.82) is 0 Å². The van der Waals surface area contributed by atoms with Gasteiger partial charge in [0.25, 0.3) is 11.8 Å². The molecular weight excluding hydrogens is 494 g/mol. The first-order chi connectivity index (χ1) is 16.5. The molecule has 2 aromatic carbocycles. The number of aromatic nitrogens is 1. The number of hydrogen-bond acceptors (Lipinski definition) is 9. The molecule has 0 spiro atoms. The van der Waals surface area contributed by atoms with Gasteiger partial charge in [-0.05, 0) is 54.2 Å². The molecule has 2 atom stereocenters. The summed E-state index contributed by atoms with van der Waals surface area (Å²) in [7, 11) is 0. The summed E-state index contributed by atoms with van der Waals surface area (Å²) >= 11 is 4.31. The van der Waals surface area contributed by atoms with Crippen LogP contribution in [-0.2, 0) is 4.79 Å². The number of furan rings is 1. The molecule has 4 aromatic rings. The molecule has 11 heteroatoms. The van der Waals surface area contributed by atoms with E-state index in [1.807, 2.05) is 12.1 Å². The van der Waals surface area contributed by atoms with E-state index in [0.717, 1.165) is 14.6 Å². The highest BCUT2D eigenvalue weighted by molar-refractivity contribution is 8.01. The minimum absolute atomic E-state index is 0.201. The Bertz CT molecular complexity index is 1440. The number of nitrogens with one attached hydrogen (secondary N) is 1. The molecule has 0 saturated carbocycles. The van der Waals surface area contributed by atoms with E-state index in [1.54, 1.807) is 42.5 Å². The minimum Gasteiger partial charge on any atom is -0.480 e. The molecule has 0 aliphatic carbocycles. The number of carboxylic acids is 1. The van der Waals surface area contributed by atoms with Crippen molar-refractivity contribution < 1.29 is 23.9 Å². The summed E-state index contributed by atoms with van der Waals surface area (Å²) in [6.07, 6.45) is 0. The van der Waals surface area contributed by atoms with Crippen molar-refractivity contribution >= 4 is 68.5 Å². The van der Waals surface area contributed by atoms with Crippen LogP contribution in [0.1, 0.15) is 31.9 Å². The molecule has 6 rings (SSSR count). The van der Waals surface area contributed by atoms with Crippen LogP contribution in [0, 0.1) is 0 Å². The summed E-state index contributed by atoms with van der Waals surface area (Å²) in [6.45, 7) is 0. The number of fused-ring (bicyclic) bond motifs is 2. The van der Waals surface area contributed by atoms with E-state index in [1.165, 1.54) is 39.8 Å². The van der Waals surface area contributed by atoms with Gasteiger partial charge in [-0.15, -0.1) is 23.1 Å². The Morgan fingerprint density at radius 2 is 1.88 bits per heavy atom. The van der Waals surface area contributed by atoms with Crippen molar-refractivity contribution in [2.75, 3.05) is 10.7 Å². The smallest absolute Gasteiger partial charge is 0.321 e. The molecule has 2 N–H and O–H groups in total. The van der Waals surface area contributed by atoms with E-state index in [-0.39, 0.29) is 17.2 Å². The van der Waals surface area contributed by atoms with Crippen LogP contribution >= 0.6 is 34.9 Å². The molecule has 34 heavy (non-hydrogen) atoms. The fourth-order valence-electron chi connectivity index (χ4n) is 3.89. The third kappa shape index (κ3) is 3.61. The van der Waals surface area contributed by atoms with Gasteiger partial charge < -0.3 is 9.52 Å². The maximum Gasteiger partial charge on any atom is 0.321 e. The van der Waals surface area contributed by atoms with E-state index < -0.39 is 12.0 Å². The first kappa shape index (κ1) is 21.4. The number of carboxylic acid groups (broad SMARTS) is 1. The van der Waals surface area contributed by atoms with E-state index in [2.05, 4.69) is 10.3 Å². The number of carbonyl (C=O) groups excluding carboxylic acids is 2. The lowest BCUT2D eigenvalue weighted by Crippen LogP contribution is -2.33. The van der Waals surface area contributed by atoms with Crippen molar-refractivity contribution in [3.05, 3.63) is 71.5 Å². The molecular formula is C23H15N3O5S3. The number of rotatable bonds is 5. The zero-order valence-corrected chi connectivity index (χ0v) is 19.7. The normalized spacial score (nSPS) is 19.8. The third-order valence-corrected chi connectivity index (χ3v) is 8.76. The highest BCUT2D eigenvalue weighted by Crippen LogP contribution is 2.40. The Kier molecular flexibility index (Phi) is 5.21. The minimum atomic E-state index is -0.869. The van der Waals surface area contributed by atoms with Gasteiger partial charge in [0.2, 0.25) is 0 Å². The number of hydrogen-bond donors (Lipinski definition) is 2. The summed E-state index contributed by atoms with van der Waals surface area (Å²) in [5.74, 6) is -0.371. The Morgan fingerprint density at radius 1 is 1.12 bits per heavy atom. The van der Waals surface area contributed by atoms with Crippen LogP contribution in [0.4, 0.5) is 5.69 Å². The van der Waals surface area contributed by atoms with Crippen molar-refractivity contribution in [3.8, 4) is 0 Å². The Hall–Kier alpha value is -3.12. The van der Waals surface area contributed by atoms with Gasteiger partial charge in [-0.1, -0.05) is 12.1 Å². The number of nitrogens with zero attached hydrogens (tertiary/aromatic N) is 2. The van der Waals surface area contributed by atoms with Crippen molar-refractivity contribution in [3.63, 3.8) is 0 Å². The van der Waals surface area contributed by atoms with Gasteiger partial charge in [0, 0.05) is 5.75 Å². The SMILES string of the molecule is O=C(O)[C@H]1CS[C@H](c2ccc(Sc3nc4ccc(N5C(=O)c6ccccc6C5=O)cc4s3)o2)N1. The number of carbonyl (C=O) groups is 3. The largest absolute Gasteiger partial charge is 0.480 e. The fourth-order valence-corrected chi connectivity index (χ4v) is 7.07. The van der Waals surface area contributed by atoms with Crippen molar-refractivity contribution in [2.24, 2.45) is 0 Å².